The highest BCUT2D eigenvalue weighted by Gasteiger charge is 2.21. The van der Waals surface area contributed by atoms with Crippen LogP contribution in [0.2, 0.25) is 0 Å². The zero-order valence-corrected chi connectivity index (χ0v) is 16.8. The fourth-order valence-electron chi connectivity index (χ4n) is 4.26. The molecule has 0 radical (unpaired) electrons. The minimum Gasteiger partial charge on any atom is -0.356 e. The van der Waals surface area contributed by atoms with E-state index in [1.807, 2.05) is 30.6 Å². The molecule has 3 N–H and O–H groups in total. The van der Waals surface area contributed by atoms with E-state index in [0.717, 1.165) is 65.4 Å². The molecule has 4 aromatic heterocycles. The number of aromatic nitrogens is 5. The van der Waals surface area contributed by atoms with Gasteiger partial charge in [0.1, 0.15) is 11.5 Å². The number of aromatic amines is 1. The smallest absolute Gasteiger partial charge is 0.129 e. The molecule has 0 saturated carbocycles. The largest absolute Gasteiger partial charge is 0.356 e. The number of nitrogens with one attached hydrogen (secondary N) is 1. The average Bonchev–Trinajstić information content (AvgIpc) is 3.23. The molecular weight excluding hydrogens is 374 g/mol. The van der Waals surface area contributed by atoms with Gasteiger partial charge < -0.3 is 10.6 Å². The number of fused-ring (bicyclic) bond motifs is 1. The molecule has 1 saturated heterocycles. The third-order valence-corrected chi connectivity index (χ3v) is 5.80. The van der Waals surface area contributed by atoms with Crippen LogP contribution in [-0.4, -0.2) is 44.8 Å². The molecule has 1 aliphatic rings. The zero-order valence-electron chi connectivity index (χ0n) is 16.8. The van der Waals surface area contributed by atoms with Crippen molar-refractivity contribution in [2.45, 2.75) is 19.3 Å². The van der Waals surface area contributed by atoms with Crippen LogP contribution < -0.4 is 10.6 Å². The number of nitrogens with two attached hydrogens (primary N) is 1. The van der Waals surface area contributed by atoms with Gasteiger partial charge in [0.25, 0.3) is 0 Å². The Morgan fingerprint density at radius 1 is 1.13 bits per heavy atom. The number of nitrogens with zero attached hydrogens (tertiary/aromatic N) is 5. The van der Waals surface area contributed by atoms with Gasteiger partial charge in [-0.2, -0.15) is 5.10 Å². The molecule has 5 rings (SSSR count). The van der Waals surface area contributed by atoms with Gasteiger partial charge in [0, 0.05) is 36.4 Å². The lowest BCUT2D eigenvalue weighted by Gasteiger charge is -2.33. The average molecular weight is 400 g/mol. The van der Waals surface area contributed by atoms with Crippen molar-refractivity contribution in [1.29, 1.82) is 0 Å². The van der Waals surface area contributed by atoms with Gasteiger partial charge >= 0.3 is 0 Å². The Balaban J connectivity index is 1.49. The van der Waals surface area contributed by atoms with E-state index < -0.39 is 0 Å². The van der Waals surface area contributed by atoms with E-state index in [9.17, 15) is 0 Å². The first kappa shape index (κ1) is 18.7. The number of H-pyrrole nitrogens is 1. The Bertz CT molecular complexity index is 1140. The second-order valence-corrected chi connectivity index (χ2v) is 7.84. The topological polar surface area (TPSA) is 96.6 Å². The summed E-state index contributed by atoms with van der Waals surface area (Å²) in [6.07, 6.45) is 8.91. The molecule has 5 heterocycles. The van der Waals surface area contributed by atoms with Crippen LogP contribution in [0.3, 0.4) is 0 Å². The van der Waals surface area contributed by atoms with Crippen LogP contribution in [0.4, 0.5) is 5.82 Å². The molecule has 1 unspecified atom stereocenters. The summed E-state index contributed by atoms with van der Waals surface area (Å²) >= 11 is 0. The van der Waals surface area contributed by atoms with Crippen molar-refractivity contribution in [2.75, 3.05) is 24.5 Å². The van der Waals surface area contributed by atoms with Crippen LogP contribution in [-0.2, 0) is 0 Å². The second-order valence-electron chi connectivity index (χ2n) is 7.84. The van der Waals surface area contributed by atoms with Crippen LogP contribution in [0.1, 0.15) is 19.3 Å². The Hall–Kier alpha value is -3.32. The van der Waals surface area contributed by atoms with Gasteiger partial charge in [0.05, 0.1) is 23.1 Å². The van der Waals surface area contributed by atoms with Gasteiger partial charge in [0.15, 0.2) is 0 Å². The molecule has 7 heteroatoms. The first-order chi connectivity index (χ1) is 14.8. The molecule has 30 heavy (non-hydrogen) atoms. The maximum Gasteiger partial charge on any atom is 0.129 e. The second kappa shape index (κ2) is 8.20. The number of piperidine rings is 1. The molecule has 1 fully saturated rings. The highest BCUT2D eigenvalue weighted by molar-refractivity contribution is 5.93. The quantitative estimate of drug-likeness (QED) is 0.532. The van der Waals surface area contributed by atoms with Crippen molar-refractivity contribution in [2.24, 2.45) is 11.7 Å². The summed E-state index contributed by atoms with van der Waals surface area (Å²) < 4.78 is 0. The number of anilines is 1. The third kappa shape index (κ3) is 3.64. The molecule has 4 aromatic rings. The van der Waals surface area contributed by atoms with Gasteiger partial charge in [-0.1, -0.05) is 6.07 Å². The van der Waals surface area contributed by atoms with Crippen LogP contribution in [0, 0.1) is 5.92 Å². The SMILES string of the molecule is NCCC1CCCN(c2cccc(-c3n[nH]c4cnc(-c5cccnc5)cc34)n2)C1. The lowest BCUT2D eigenvalue weighted by molar-refractivity contribution is 0.394. The predicted octanol–water partition coefficient (Wildman–Crippen LogP) is 3.65. The lowest BCUT2D eigenvalue weighted by atomic mass is 9.95. The first-order valence-electron chi connectivity index (χ1n) is 10.5. The van der Waals surface area contributed by atoms with Gasteiger partial charge in [-0.05, 0) is 62.1 Å². The van der Waals surface area contributed by atoms with Crippen LogP contribution in [0.5, 0.6) is 0 Å². The Morgan fingerprint density at radius 3 is 2.97 bits per heavy atom. The molecule has 0 bridgehead atoms. The molecule has 0 aromatic carbocycles. The maximum atomic E-state index is 5.78. The summed E-state index contributed by atoms with van der Waals surface area (Å²) in [5.41, 5.74) is 10.2. The van der Waals surface area contributed by atoms with E-state index in [4.69, 9.17) is 10.7 Å². The summed E-state index contributed by atoms with van der Waals surface area (Å²) in [7, 11) is 0. The maximum absolute atomic E-state index is 5.78. The summed E-state index contributed by atoms with van der Waals surface area (Å²) in [5, 5.41) is 8.65. The molecule has 0 amide bonds. The summed E-state index contributed by atoms with van der Waals surface area (Å²) in [5.74, 6) is 1.65. The van der Waals surface area contributed by atoms with Crippen molar-refractivity contribution >= 4 is 16.7 Å². The Morgan fingerprint density at radius 2 is 2.10 bits per heavy atom. The van der Waals surface area contributed by atoms with Gasteiger partial charge in [-0.15, -0.1) is 0 Å². The number of hydrogen-bond donors (Lipinski definition) is 2. The number of pyridine rings is 3. The molecule has 1 atom stereocenters. The van der Waals surface area contributed by atoms with Crippen molar-refractivity contribution in [3.63, 3.8) is 0 Å². The molecule has 1 aliphatic heterocycles. The fourth-order valence-corrected chi connectivity index (χ4v) is 4.26. The monoisotopic (exact) mass is 399 g/mol. The molecule has 0 aliphatic carbocycles. The molecule has 0 spiro atoms. The Kier molecular flexibility index (Phi) is 5.11. The first-order valence-corrected chi connectivity index (χ1v) is 10.5. The van der Waals surface area contributed by atoms with Gasteiger partial charge in [-0.25, -0.2) is 4.98 Å². The molecule has 7 nitrogen and oxygen atoms in total. The van der Waals surface area contributed by atoms with Crippen LogP contribution in [0.25, 0.3) is 33.5 Å². The number of hydrogen-bond acceptors (Lipinski definition) is 6. The number of rotatable bonds is 5. The highest BCUT2D eigenvalue weighted by atomic mass is 15.2. The van der Waals surface area contributed by atoms with Crippen molar-refractivity contribution < 1.29 is 0 Å². The van der Waals surface area contributed by atoms with E-state index in [1.165, 1.54) is 12.8 Å². The normalized spacial score (nSPS) is 16.8. The standard InChI is InChI=1S/C23H25N7/c24-9-8-16-4-3-11-30(15-16)22-7-1-6-19(27-22)23-18-12-20(17-5-2-10-25-13-17)26-14-21(18)28-29-23/h1-2,5-7,10,12-14,16H,3-4,8-9,11,15,24H2,(H,28,29). The summed E-state index contributed by atoms with van der Waals surface area (Å²) in [6.45, 7) is 2.80. The van der Waals surface area contributed by atoms with E-state index in [1.54, 1.807) is 6.20 Å². The van der Waals surface area contributed by atoms with E-state index >= 15 is 0 Å². The van der Waals surface area contributed by atoms with E-state index in [-0.39, 0.29) is 0 Å². The lowest BCUT2D eigenvalue weighted by Crippen LogP contribution is -2.36. The zero-order chi connectivity index (χ0) is 20.3. The third-order valence-electron chi connectivity index (χ3n) is 5.80. The minimum absolute atomic E-state index is 0.647. The summed E-state index contributed by atoms with van der Waals surface area (Å²) in [4.78, 5) is 16.1. The minimum atomic E-state index is 0.647. The van der Waals surface area contributed by atoms with Crippen LogP contribution in [0.15, 0.2) is 55.0 Å². The molecular formula is C23H25N7. The van der Waals surface area contributed by atoms with Gasteiger partial charge in [-0.3, -0.25) is 15.1 Å². The van der Waals surface area contributed by atoms with Crippen molar-refractivity contribution in [1.82, 2.24) is 25.1 Å². The molecule has 152 valence electrons. The van der Waals surface area contributed by atoms with Crippen molar-refractivity contribution in [3.8, 4) is 22.6 Å². The van der Waals surface area contributed by atoms with E-state index in [0.29, 0.717) is 5.92 Å². The summed E-state index contributed by atoms with van der Waals surface area (Å²) in [6, 6.07) is 12.1. The predicted molar refractivity (Wildman–Crippen MR) is 119 cm³/mol. The highest BCUT2D eigenvalue weighted by Crippen LogP contribution is 2.30. The Labute approximate surface area is 175 Å². The van der Waals surface area contributed by atoms with Gasteiger partial charge in [0.2, 0.25) is 0 Å². The van der Waals surface area contributed by atoms with E-state index in [2.05, 4.69) is 43.3 Å². The van der Waals surface area contributed by atoms with Crippen molar-refractivity contribution in [3.05, 3.63) is 55.0 Å². The fraction of sp³-hybridized carbons (Fsp3) is 0.304. The van der Waals surface area contributed by atoms with Crippen LogP contribution >= 0.6 is 0 Å².